The van der Waals surface area contributed by atoms with Crippen molar-refractivity contribution in [2.75, 3.05) is 18.8 Å². The first-order valence-corrected chi connectivity index (χ1v) is 9.46. The standard InChI is InChI=1S/C15H26N6S.HI/c1-2-16-15(17-10-12-6-5-9-22-12)18-11-14-20-19-13-7-3-4-8-21(13)14;/h12H,2-11H2,1H3,(H2,16,17,18);1H. The van der Waals surface area contributed by atoms with Gasteiger partial charge >= 0.3 is 0 Å². The minimum atomic E-state index is 0. The van der Waals surface area contributed by atoms with Crippen LogP contribution in [0.25, 0.3) is 0 Å². The van der Waals surface area contributed by atoms with Crippen LogP contribution >= 0.6 is 35.7 Å². The third kappa shape index (κ3) is 5.23. The number of nitrogens with zero attached hydrogens (tertiary/aromatic N) is 4. The van der Waals surface area contributed by atoms with Crippen molar-refractivity contribution in [3.05, 3.63) is 11.6 Å². The summed E-state index contributed by atoms with van der Waals surface area (Å²) < 4.78 is 2.24. The van der Waals surface area contributed by atoms with Gasteiger partial charge in [0.05, 0.1) is 0 Å². The first-order valence-electron chi connectivity index (χ1n) is 8.41. The van der Waals surface area contributed by atoms with Gasteiger partial charge in [-0.2, -0.15) is 11.8 Å². The molecule has 1 fully saturated rings. The van der Waals surface area contributed by atoms with Crippen LogP contribution in [0.3, 0.4) is 0 Å². The molecule has 0 amide bonds. The van der Waals surface area contributed by atoms with Crippen molar-refractivity contribution in [1.29, 1.82) is 0 Å². The van der Waals surface area contributed by atoms with Gasteiger partial charge in [-0.25, -0.2) is 4.99 Å². The number of halogens is 1. The van der Waals surface area contributed by atoms with Gasteiger partial charge in [-0.3, -0.25) is 0 Å². The summed E-state index contributed by atoms with van der Waals surface area (Å²) in [5, 5.41) is 16.1. The fourth-order valence-electron chi connectivity index (χ4n) is 2.99. The smallest absolute Gasteiger partial charge is 0.191 e. The number of rotatable bonds is 5. The summed E-state index contributed by atoms with van der Waals surface area (Å²) in [7, 11) is 0. The van der Waals surface area contributed by atoms with Gasteiger partial charge in [0.25, 0.3) is 0 Å². The average Bonchev–Trinajstić information content (AvgIpc) is 3.20. The van der Waals surface area contributed by atoms with E-state index in [0.29, 0.717) is 6.54 Å². The Bertz CT molecular complexity index is 512. The highest BCUT2D eigenvalue weighted by Gasteiger charge is 2.17. The molecule has 2 aliphatic heterocycles. The monoisotopic (exact) mass is 450 g/mol. The van der Waals surface area contributed by atoms with Crippen LogP contribution in [-0.4, -0.2) is 44.8 Å². The molecule has 1 saturated heterocycles. The summed E-state index contributed by atoms with van der Waals surface area (Å²) in [6, 6.07) is 0. The van der Waals surface area contributed by atoms with Crippen molar-refractivity contribution in [1.82, 2.24) is 25.4 Å². The number of hydrogen-bond acceptors (Lipinski definition) is 4. The van der Waals surface area contributed by atoms with Crippen molar-refractivity contribution in [2.45, 2.75) is 57.4 Å². The van der Waals surface area contributed by atoms with Crippen LogP contribution < -0.4 is 10.6 Å². The van der Waals surface area contributed by atoms with E-state index in [0.717, 1.165) is 48.9 Å². The zero-order valence-corrected chi connectivity index (χ0v) is 16.9. The van der Waals surface area contributed by atoms with Gasteiger partial charge in [0.2, 0.25) is 0 Å². The van der Waals surface area contributed by atoms with Crippen LogP contribution in [0, 0.1) is 0 Å². The van der Waals surface area contributed by atoms with Crippen LogP contribution in [0.5, 0.6) is 0 Å². The Kier molecular flexibility index (Phi) is 7.94. The van der Waals surface area contributed by atoms with Gasteiger partial charge < -0.3 is 15.2 Å². The molecule has 0 saturated carbocycles. The van der Waals surface area contributed by atoms with E-state index in [-0.39, 0.29) is 24.0 Å². The highest BCUT2D eigenvalue weighted by molar-refractivity contribution is 14.0. The molecule has 2 aliphatic rings. The predicted octanol–water partition coefficient (Wildman–Crippen LogP) is 2.18. The lowest BCUT2D eigenvalue weighted by molar-refractivity contribution is 0.508. The molecule has 0 radical (unpaired) electrons. The maximum atomic E-state index is 4.69. The summed E-state index contributed by atoms with van der Waals surface area (Å²) in [5.41, 5.74) is 0. The fourth-order valence-corrected chi connectivity index (χ4v) is 4.19. The van der Waals surface area contributed by atoms with E-state index in [4.69, 9.17) is 0 Å². The normalized spacial score (nSPS) is 20.7. The van der Waals surface area contributed by atoms with Gasteiger partial charge in [-0.05, 0) is 38.4 Å². The first kappa shape index (κ1) is 18.8. The Morgan fingerprint density at radius 3 is 3.00 bits per heavy atom. The van der Waals surface area contributed by atoms with Gasteiger partial charge in [0.15, 0.2) is 11.8 Å². The Hall–Kier alpha value is -0.510. The van der Waals surface area contributed by atoms with E-state index in [9.17, 15) is 0 Å². The molecule has 0 aliphatic carbocycles. The molecule has 1 unspecified atom stereocenters. The van der Waals surface area contributed by atoms with Crippen molar-refractivity contribution in [2.24, 2.45) is 4.99 Å². The van der Waals surface area contributed by atoms with Crippen molar-refractivity contribution < 1.29 is 0 Å². The lowest BCUT2D eigenvalue weighted by Crippen LogP contribution is -2.40. The number of nitrogens with one attached hydrogen (secondary N) is 2. The Labute approximate surface area is 159 Å². The molecule has 2 N–H and O–H groups in total. The maximum Gasteiger partial charge on any atom is 0.191 e. The van der Waals surface area contributed by atoms with E-state index in [1.807, 2.05) is 0 Å². The topological polar surface area (TPSA) is 67.1 Å². The second-order valence-corrected chi connectivity index (χ2v) is 7.26. The summed E-state index contributed by atoms with van der Waals surface area (Å²) >= 11 is 2.07. The van der Waals surface area contributed by atoms with Gasteiger partial charge in [0.1, 0.15) is 12.4 Å². The molecule has 130 valence electrons. The van der Waals surface area contributed by atoms with Crippen molar-refractivity contribution in [3.8, 4) is 0 Å². The Morgan fingerprint density at radius 2 is 2.22 bits per heavy atom. The number of aromatic nitrogens is 3. The minimum Gasteiger partial charge on any atom is -0.357 e. The van der Waals surface area contributed by atoms with E-state index < -0.39 is 0 Å². The number of hydrogen-bond donors (Lipinski definition) is 2. The quantitative estimate of drug-likeness (QED) is 0.409. The molecule has 3 heterocycles. The van der Waals surface area contributed by atoms with Crippen molar-refractivity contribution >= 4 is 41.7 Å². The zero-order valence-electron chi connectivity index (χ0n) is 13.8. The molecule has 3 rings (SSSR count). The van der Waals surface area contributed by atoms with E-state index in [2.05, 4.69) is 49.1 Å². The predicted molar refractivity (Wildman–Crippen MR) is 107 cm³/mol. The molecule has 1 aromatic rings. The van der Waals surface area contributed by atoms with Gasteiger partial charge in [0, 0.05) is 31.3 Å². The van der Waals surface area contributed by atoms with Crippen molar-refractivity contribution in [3.63, 3.8) is 0 Å². The number of aryl methyl sites for hydroxylation is 1. The van der Waals surface area contributed by atoms with Crippen LogP contribution in [0.4, 0.5) is 0 Å². The van der Waals surface area contributed by atoms with Crippen LogP contribution in [0.1, 0.15) is 44.3 Å². The zero-order chi connectivity index (χ0) is 15.2. The highest BCUT2D eigenvalue weighted by Crippen LogP contribution is 2.25. The fraction of sp³-hybridized carbons (Fsp3) is 0.800. The number of fused-ring (bicyclic) bond motifs is 1. The molecule has 23 heavy (non-hydrogen) atoms. The van der Waals surface area contributed by atoms with Crippen LogP contribution in [-0.2, 0) is 19.5 Å². The van der Waals surface area contributed by atoms with Crippen LogP contribution in [0.2, 0.25) is 0 Å². The van der Waals surface area contributed by atoms with E-state index in [1.54, 1.807) is 0 Å². The van der Waals surface area contributed by atoms with E-state index in [1.165, 1.54) is 31.4 Å². The minimum absolute atomic E-state index is 0. The lowest BCUT2D eigenvalue weighted by atomic mass is 10.2. The SMILES string of the molecule is CCNC(=NCc1nnc2n1CCCC2)NCC1CCCS1.I. The largest absolute Gasteiger partial charge is 0.357 e. The Morgan fingerprint density at radius 1 is 1.30 bits per heavy atom. The summed E-state index contributed by atoms with van der Waals surface area (Å²) in [6.45, 7) is 5.60. The summed E-state index contributed by atoms with van der Waals surface area (Å²) in [5.74, 6) is 4.30. The second-order valence-electron chi connectivity index (χ2n) is 5.85. The molecular weight excluding hydrogens is 423 g/mol. The molecule has 0 aromatic carbocycles. The lowest BCUT2D eigenvalue weighted by Gasteiger charge is -2.16. The first-order chi connectivity index (χ1) is 10.9. The summed E-state index contributed by atoms with van der Waals surface area (Å²) in [4.78, 5) is 4.69. The Balaban J connectivity index is 0.00000192. The molecule has 0 bridgehead atoms. The van der Waals surface area contributed by atoms with Gasteiger partial charge in [-0.1, -0.05) is 0 Å². The molecule has 6 nitrogen and oxygen atoms in total. The number of guanidine groups is 1. The third-order valence-corrected chi connectivity index (χ3v) is 5.58. The number of thioether (sulfide) groups is 1. The molecule has 1 atom stereocenters. The third-order valence-electron chi connectivity index (χ3n) is 4.18. The molecule has 8 heteroatoms. The number of aliphatic imine (C=N–C) groups is 1. The molecular formula is C15H27IN6S. The highest BCUT2D eigenvalue weighted by atomic mass is 127. The average molecular weight is 450 g/mol. The van der Waals surface area contributed by atoms with Gasteiger partial charge in [-0.15, -0.1) is 34.2 Å². The molecule has 0 spiro atoms. The summed E-state index contributed by atoms with van der Waals surface area (Å²) in [6.07, 6.45) is 6.16. The maximum absolute atomic E-state index is 4.69. The molecule has 1 aromatic heterocycles. The second kappa shape index (κ2) is 9.71. The van der Waals surface area contributed by atoms with Crippen LogP contribution in [0.15, 0.2) is 4.99 Å². The van der Waals surface area contributed by atoms with E-state index >= 15 is 0 Å².